The maximum Gasteiger partial charge on any atom is 0.443 e. The Labute approximate surface area is 80.3 Å². The quantitative estimate of drug-likeness (QED) is 0.591. The van der Waals surface area contributed by atoms with Gasteiger partial charge >= 0.3 is 6.09 Å². The maximum absolute atomic E-state index is 10.8. The van der Waals surface area contributed by atoms with Gasteiger partial charge in [-0.1, -0.05) is 17.7 Å². The second-order valence-electron chi connectivity index (χ2n) is 2.17. The van der Waals surface area contributed by atoms with Crippen molar-refractivity contribution < 1.29 is 14.6 Å². The molecule has 0 radical (unpaired) electrons. The van der Waals surface area contributed by atoms with Gasteiger partial charge in [0, 0.05) is 10.7 Å². The second-order valence-corrected chi connectivity index (χ2v) is 2.61. The molecule has 70 valence electrons. The monoisotopic (exact) mass is 201 g/mol. The lowest BCUT2D eigenvalue weighted by atomic mass is 10.3. The Bertz CT molecular complexity index is 303. The SMILES string of the molecule is COOC(=O)Nc1cccc(Cl)c1. The van der Waals surface area contributed by atoms with Crippen molar-refractivity contribution in [1.29, 1.82) is 0 Å². The Morgan fingerprint density at radius 2 is 2.31 bits per heavy atom. The van der Waals surface area contributed by atoms with Crippen molar-refractivity contribution in [3.8, 4) is 0 Å². The van der Waals surface area contributed by atoms with Gasteiger partial charge in [-0.25, -0.2) is 4.79 Å². The van der Waals surface area contributed by atoms with Gasteiger partial charge in [-0.2, -0.15) is 4.89 Å². The van der Waals surface area contributed by atoms with Crippen LogP contribution in [-0.4, -0.2) is 13.2 Å². The molecular formula is C8H8ClNO3. The predicted molar refractivity (Wildman–Crippen MR) is 48.6 cm³/mol. The average molecular weight is 202 g/mol. The minimum absolute atomic E-state index is 0.537. The normalized spacial score (nSPS) is 9.38. The summed E-state index contributed by atoms with van der Waals surface area (Å²) in [4.78, 5) is 19.2. The molecule has 13 heavy (non-hydrogen) atoms. The lowest BCUT2D eigenvalue weighted by molar-refractivity contribution is -0.208. The van der Waals surface area contributed by atoms with Crippen molar-refractivity contribution in [3.63, 3.8) is 0 Å². The first-order chi connectivity index (χ1) is 6.22. The van der Waals surface area contributed by atoms with Gasteiger partial charge in [0.25, 0.3) is 0 Å². The summed E-state index contributed by atoms with van der Waals surface area (Å²) in [7, 11) is 1.25. The van der Waals surface area contributed by atoms with E-state index >= 15 is 0 Å². The molecule has 0 bridgehead atoms. The van der Waals surface area contributed by atoms with E-state index in [1.54, 1.807) is 24.3 Å². The van der Waals surface area contributed by atoms with Crippen LogP contribution in [0.3, 0.4) is 0 Å². The molecule has 0 aliphatic rings. The highest BCUT2D eigenvalue weighted by Crippen LogP contribution is 2.14. The number of nitrogens with one attached hydrogen (secondary N) is 1. The van der Waals surface area contributed by atoms with E-state index in [-0.39, 0.29) is 0 Å². The van der Waals surface area contributed by atoms with Crippen LogP contribution in [0.25, 0.3) is 0 Å². The molecule has 4 nitrogen and oxygen atoms in total. The number of benzene rings is 1. The van der Waals surface area contributed by atoms with Gasteiger partial charge in [-0.15, -0.1) is 0 Å². The molecule has 1 rings (SSSR count). The van der Waals surface area contributed by atoms with E-state index in [1.807, 2.05) is 0 Å². The first-order valence-electron chi connectivity index (χ1n) is 3.49. The Morgan fingerprint density at radius 3 is 2.92 bits per heavy atom. The number of amides is 1. The summed E-state index contributed by atoms with van der Waals surface area (Å²) in [6.45, 7) is 0. The Morgan fingerprint density at radius 1 is 1.54 bits per heavy atom. The Kier molecular flexibility index (Phi) is 3.54. The zero-order valence-corrected chi connectivity index (χ0v) is 7.67. The second kappa shape index (κ2) is 4.69. The molecule has 0 aromatic heterocycles. The van der Waals surface area contributed by atoms with Crippen LogP contribution in [0.1, 0.15) is 0 Å². The number of hydrogen-bond donors (Lipinski definition) is 1. The molecule has 5 heteroatoms. The highest BCUT2D eigenvalue weighted by Gasteiger charge is 2.02. The Hall–Kier alpha value is -1.26. The van der Waals surface area contributed by atoms with Crippen molar-refractivity contribution in [1.82, 2.24) is 0 Å². The van der Waals surface area contributed by atoms with Crippen LogP contribution in [0.2, 0.25) is 5.02 Å². The lowest BCUT2D eigenvalue weighted by Crippen LogP contribution is -2.12. The van der Waals surface area contributed by atoms with Crippen molar-refractivity contribution in [2.75, 3.05) is 12.4 Å². The molecule has 0 saturated carbocycles. The summed E-state index contributed by atoms with van der Waals surface area (Å²) in [6, 6.07) is 6.69. The topological polar surface area (TPSA) is 47.6 Å². The third-order valence-corrected chi connectivity index (χ3v) is 1.47. The van der Waals surface area contributed by atoms with E-state index in [2.05, 4.69) is 15.1 Å². The third-order valence-electron chi connectivity index (χ3n) is 1.23. The average Bonchev–Trinajstić information content (AvgIpc) is 2.04. The standard InChI is InChI=1S/C8H8ClNO3/c1-12-13-8(11)10-7-4-2-3-6(9)5-7/h2-5H,1H3,(H,10,11). The van der Waals surface area contributed by atoms with Crippen LogP contribution in [0.5, 0.6) is 0 Å². The van der Waals surface area contributed by atoms with Crippen LogP contribution in [-0.2, 0) is 9.78 Å². The van der Waals surface area contributed by atoms with Gasteiger partial charge in [0.2, 0.25) is 0 Å². The number of carbonyl (C=O) groups is 1. The zero-order chi connectivity index (χ0) is 9.68. The van der Waals surface area contributed by atoms with Crippen LogP contribution >= 0.6 is 11.6 Å². The summed E-state index contributed by atoms with van der Waals surface area (Å²) >= 11 is 5.68. The number of rotatable bonds is 2. The molecular weight excluding hydrogens is 194 g/mol. The van der Waals surface area contributed by atoms with Gasteiger partial charge in [-0.3, -0.25) is 10.2 Å². The highest BCUT2D eigenvalue weighted by atomic mass is 35.5. The van der Waals surface area contributed by atoms with Crippen molar-refractivity contribution in [3.05, 3.63) is 29.3 Å². The molecule has 0 saturated heterocycles. The smallest absolute Gasteiger partial charge is 0.289 e. The van der Waals surface area contributed by atoms with Crippen molar-refractivity contribution in [2.24, 2.45) is 0 Å². The van der Waals surface area contributed by atoms with Crippen molar-refractivity contribution >= 4 is 23.4 Å². The van der Waals surface area contributed by atoms with E-state index < -0.39 is 6.09 Å². The summed E-state index contributed by atoms with van der Waals surface area (Å²) in [5, 5.41) is 2.95. The summed E-state index contributed by atoms with van der Waals surface area (Å²) in [5.41, 5.74) is 0.551. The molecule has 0 fully saturated rings. The van der Waals surface area contributed by atoms with E-state index in [0.29, 0.717) is 10.7 Å². The van der Waals surface area contributed by atoms with Crippen molar-refractivity contribution in [2.45, 2.75) is 0 Å². The Balaban J connectivity index is 2.58. The molecule has 1 N–H and O–H groups in total. The zero-order valence-electron chi connectivity index (χ0n) is 6.91. The lowest BCUT2D eigenvalue weighted by Gasteiger charge is -2.03. The van der Waals surface area contributed by atoms with Gasteiger partial charge < -0.3 is 0 Å². The number of hydrogen-bond acceptors (Lipinski definition) is 3. The number of anilines is 1. The fraction of sp³-hybridized carbons (Fsp3) is 0.125. The summed E-state index contributed by atoms with van der Waals surface area (Å²) < 4.78 is 0. The van der Waals surface area contributed by atoms with Crippen LogP contribution in [0.4, 0.5) is 10.5 Å². The van der Waals surface area contributed by atoms with Crippen LogP contribution in [0.15, 0.2) is 24.3 Å². The summed E-state index contributed by atoms with van der Waals surface area (Å²) in [6.07, 6.45) is -0.690. The first-order valence-corrected chi connectivity index (χ1v) is 3.87. The number of halogens is 1. The molecule has 0 spiro atoms. The molecule has 0 heterocycles. The van der Waals surface area contributed by atoms with Gasteiger partial charge in [0.05, 0.1) is 7.11 Å². The summed E-state index contributed by atoms with van der Waals surface area (Å²) in [5.74, 6) is 0. The van der Waals surface area contributed by atoms with Crippen LogP contribution in [0, 0.1) is 0 Å². The maximum atomic E-state index is 10.8. The predicted octanol–water partition coefficient (Wildman–Crippen LogP) is 2.45. The van der Waals surface area contributed by atoms with Gasteiger partial charge in [0.1, 0.15) is 0 Å². The van der Waals surface area contributed by atoms with Gasteiger partial charge in [-0.05, 0) is 18.2 Å². The molecule has 0 aliphatic heterocycles. The molecule has 0 atom stereocenters. The fourth-order valence-corrected chi connectivity index (χ4v) is 0.971. The van der Waals surface area contributed by atoms with E-state index in [0.717, 1.165) is 0 Å². The molecule has 0 unspecified atom stereocenters. The number of carbonyl (C=O) groups excluding carboxylic acids is 1. The first kappa shape index (κ1) is 9.83. The van der Waals surface area contributed by atoms with Crippen LogP contribution < -0.4 is 5.32 Å². The largest absolute Gasteiger partial charge is 0.443 e. The van der Waals surface area contributed by atoms with E-state index in [9.17, 15) is 4.79 Å². The minimum Gasteiger partial charge on any atom is -0.289 e. The third kappa shape index (κ3) is 3.31. The minimum atomic E-state index is -0.690. The highest BCUT2D eigenvalue weighted by molar-refractivity contribution is 6.30. The van der Waals surface area contributed by atoms with E-state index in [1.165, 1.54) is 7.11 Å². The molecule has 1 aromatic carbocycles. The fourth-order valence-electron chi connectivity index (χ4n) is 0.781. The molecule has 1 amide bonds. The molecule has 0 aliphatic carbocycles. The molecule has 1 aromatic rings. The van der Waals surface area contributed by atoms with Gasteiger partial charge in [0.15, 0.2) is 0 Å². The van der Waals surface area contributed by atoms with E-state index in [4.69, 9.17) is 11.6 Å².